The Labute approximate surface area is 178 Å². The first-order chi connectivity index (χ1) is 14.7. The summed E-state index contributed by atoms with van der Waals surface area (Å²) < 4.78 is 10.9. The lowest BCUT2D eigenvalue weighted by atomic mass is 10.0. The van der Waals surface area contributed by atoms with Gasteiger partial charge in [0, 0.05) is 22.4 Å². The molecular weight excluding hydrogens is 400 g/mol. The van der Waals surface area contributed by atoms with E-state index in [0.717, 1.165) is 28.2 Å². The summed E-state index contributed by atoms with van der Waals surface area (Å²) in [5.41, 5.74) is 2.24. The lowest BCUT2D eigenvalue weighted by Crippen LogP contribution is -2.31. The minimum absolute atomic E-state index is 0.168. The number of methoxy groups -OCH3 is 1. The standard InChI is InChI=1S/C23H20N2O4S/c1-28-18-7-3-6-17(12-18)20-13-21(22-9-4-10-30-22)25(24-20)23(27)15-29-19-8-2-5-16(11-19)14-26/h2-12,14,21H,13,15H2,1H3. The molecule has 0 N–H and O–H groups in total. The molecule has 1 unspecified atom stereocenters. The van der Waals surface area contributed by atoms with Crippen LogP contribution in [0.1, 0.15) is 33.3 Å². The fourth-order valence-corrected chi connectivity index (χ4v) is 4.12. The third-order valence-electron chi connectivity index (χ3n) is 4.80. The molecule has 152 valence electrons. The summed E-state index contributed by atoms with van der Waals surface area (Å²) >= 11 is 1.59. The highest BCUT2D eigenvalue weighted by Gasteiger charge is 2.34. The number of hydrogen-bond donors (Lipinski definition) is 0. The Morgan fingerprint density at radius 2 is 2.00 bits per heavy atom. The van der Waals surface area contributed by atoms with Crippen LogP contribution in [0.4, 0.5) is 0 Å². The van der Waals surface area contributed by atoms with Gasteiger partial charge in [0.05, 0.1) is 18.9 Å². The summed E-state index contributed by atoms with van der Waals surface area (Å²) in [7, 11) is 1.62. The molecule has 1 amide bonds. The Balaban J connectivity index is 1.56. The van der Waals surface area contributed by atoms with Crippen LogP contribution in [0.15, 0.2) is 71.1 Å². The number of ether oxygens (including phenoxy) is 2. The highest BCUT2D eigenvalue weighted by molar-refractivity contribution is 7.10. The largest absolute Gasteiger partial charge is 0.497 e. The van der Waals surface area contributed by atoms with Crippen molar-refractivity contribution in [2.45, 2.75) is 12.5 Å². The summed E-state index contributed by atoms with van der Waals surface area (Å²) in [5.74, 6) is 0.964. The molecule has 0 spiro atoms. The molecule has 6 nitrogen and oxygen atoms in total. The second-order valence-electron chi connectivity index (χ2n) is 6.73. The molecule has 0 bridgehead atoms. The third-order valence-corrected chi connectivity index (χ3v) is 5.77. The Hall–Kier alpha value is -3.45. The molecule has 0 aliphatic carbocycles. The number of amides is 1. The summed E-state index contributed by atoms with van der Waals surface area (Å²) in [6.45, 7) is -0.168. The van der Waals surface area contributed by atoms with Crippen molar-refractivity contribution in [1.29, 1.82) is 0 Å². The Bertz CT molecular complexity index is 1080. The highest BCUT2D eigenvalue weighted by Crippen LogP contribution is 2.35. The van der Waals surface area contributed by atoms with Crippen LogP contribution < -0.4 is 9.47 Å². The zero-order chi connectivity index (χ0) is 20.9. The molecule has 4 rings (SSSR count). The first-order valence-electron chi connectivity index (χ1n) is 9.43. The average Bonchev–Trinajstić information content (AvgIpc) is 3.47. The van der Waals surface area contributed by atoms with Gasteiger partial charge in [0.1, 0.15) is 17.8 Å². The molecule has 7 heteroatoms. The zero-order valence-corrected chi connectivity index (χ0v) is 17.2. The maximum Gasteiger partial charge on any atom is 0.281 e. The number of nitrogens with zero attached hydrogens (tertiary/aromatic N) is 2. The second-order valence-corrected chi connectivity index (χ2v) is 7.71. The van der Waals surface area contributed by atoms with Crippen LogP contribution in [0, 0.1) is 0 Å². The van der Waals surface area contributed by atoms with Gasteiger partial charge in [-0.05, 0) is 35.7 Å². The topological polar surface area (TPSA) is 68.2 Å². The van der Waals surface area contributed by atoms with E-state index >= 15 is 0 Å². The van der Waals surface area contributed by atoms with Crippen molar-refractivity contribution in [2.75, 3.05) is 13.7 Å². The molecule has 1 atom stereocenters. The quantitative estimate of drug-likeness (QED) is 0.534. The van der Waals surface area contributed by atoms with Gasteiger partial charge >= 0.3 is 0 Å². The lowest BCUT2D eigenvalue weighted by molar-refractivity contribution is -0.135. The van der Waals surface area contributed by atoms with Gasteiger partial charge in [-0.2, -0.15) is 5.10 Å². The minimum Gasteiger partial charge on any atom is -0.497 e. The van der Waals surface area contributed by atoms with Crippen molar-refractivity contribution < 1.29 is 19.1 Å². The van der Waals surface area contributed by atoms with E-state index in [1.807, 2.05) is 41.8 Å². The maximum absolute atomic E-state index is 13.0. The Morgan fingerprint density at radius 3 is 2.77 bits per heavy atom. The van der Waals surface area contributed by atoms with Gasteiger partial charge < -0.3 is 9.47 Å². The van der Waals surface area contributed by atoms with E-state index in [1.54, 1.807) is 42.7 Å². The smallest absolute Gasteiger partial charge is 0.281 e. The summed E-state index contributed by atoms with van der Waals surface area (Å²) in [6, 6.07) is 18.2. The van der Waals surface area contributed by atoms with E-state index in [1.165, 1.54) is 5.01 Å². The Morgan fingerprint density at radius 1 is 1.17 bits per heavy atom. The van der Waals surface area contributed by atoms with Crippen LogP contribution >= 0.6 is 11.3 Å². The predicted octanol–water partition coefficient (Wildman–Crippen LogP) is 4.33. The third kappa shape index (κ3) is 4.26. The van der Waals surface area contributed by atoms with E-state index in [0.29, 0.717) is 17.7 Å². The van der Waals surface area contributed by atoms with Crippen molar-refractivity contribution in [3.05, 3.63) is 82.0 Å². The van der Waals surface area contributed by atoms with E-state index in [-0.39, 0.29) is 18.6 Å². The van der Waals surface area contributed by atoms with Gasteiger partial charge in [-0.1, -0.05) is 30.3 Å². The van der Waals surface area contributed by atoms with Crippen molar-refractivity contribution in [3.63, 3.8) is 0 Å². The second kappa shape index (κ2) is 8.92. The molecule has 1 aliphatic rings. The molecule has 1 aromatic heterocycles. The van der Waals surface area contributed by atoms with Gasteiger partial charge in [-0.15, -0.1) is 11.3 Å². The molecule has 2 heterocycles. The number of rotatable bonds is 7. The van der Waals surface area contributed by atoms with Crippen molar-refractivity contribution in [1.82, 2.24) is 5.01 Å². The van der Waals surface area contributed by atoms with Gasteiger partial charge in [0.2, 0.25) is 0 Å². The first-order valence-corrected chi connectivity index (χ1v) is 10.3. The molecule has 0 radical (unpaired) electrons. The van der Waals surface area contributed by atoms with Crippen LogP contribution in [0.25, 0.3) is 0 Å². The normalized spacial score (nSPS) is 15.6. The number of carbonyl (C=O) groups is 2. The highest BCUT2D eigenvalue weighted by atomic mass is 32.1. The first kappa shape index (κ1) is 19.8. The van der Waals surface area contributed by atoms with E-state index in [4.69, 9.17) is 9.47 Å². The molecular formula is C23H20N2O4S. The number of thiophene rings is 1. The summed E-state index contributed by atoms with van der Waals surface area (Å²) in [5, 5.41) is 8.13. The minimum atomic E-state index is -0.247. The molecule has 0 saturated heterocycles. The van der Waals surface area contributed by atoms with Gasteiger partial charge in [0.25, 0.3) is 5.91 Å². The van der Waals surface area contributed by atoms with Crippen molar-refractivity contribution >= 4 is 29.2 Å². The summed E-state index contributed by atoms with van der Waals surface area (Å²) in [4.78, 5) is 25.0. The van der Waals surface area contributed by atoms with Gasteiger partial charge in [-0.25, -0.2) is 5.01 Å². The number of benzene rings is 2. The van der Waals surface area contributed by atoms with Crippen LogP contribution in [0.2, 0.25) is 0 Å². The number of aldehydes is 1. The lowest BCUT2D eigenvalue weighted by Gasteiger charge is -2.20. The van der Waals surface area contributed by atoms with Crippen LogP contribution in [-0.2, 0) is 4.79 Å². The molecule has 30 heavy (non-hydrogen) atoms. The van der Waals surface area contributed by atoms with Gasteiger partial charge in [0.15, 0.2) is 6.61 Å². The molecule has 1 aliphatic heterocycles. The van der Waals surface area contributed by atoms with E-state index in [2.05, 4.69) is 5.10 Å². The summed E-state index contributed by atoms with van der Waals surface area (Å²) in [6.07, 6.45) is 1.35. The van der Waals surface area contributed by atoms with Gasteiger partial charge in [-0.3, -0.25) is 9.59 Å². The SMILES string of the molecule is COc1cccc(C2=NN(C(=O)COc3cccc(C=O)c3)C(c3cccs3)C2)c1. The van der Waals surface area contributed by atoms with E-state index in [9.17, 15) is 9.59 Å². The molecule has 0 saturated carbocycles. The van der Waals surface area contributed by atoms with Crippen LogP contribution in [-0.4, -0.2) is 36.6 Å². The Kier molecular flexibility index (Phi) is 5.90. The van der Waals surface area contributed by atoms with E-state index < -0.39 is 0 Å². The molecule has 0 fully saturated rings. The fourth-order valence-electron chi connectivity index (χ4n) is 3.31. The number of hydrazone groups is 1. The predicted molar refractivity (Wildman–Crippen MR) is 115 cm³/mol. The number of hydrogen-bond acceptors (Lipinski definition) is 6. The van der Waals surface area contributed by atoms with Crippen LogP contribution in [0.3, 0.4) is 0 Å². The average molecular weight is 420 g/mol. The zero-order valence-electron chi connectivity index (χ0n) is 16.4. The fraction of sp³-hybridized carbons (Fsp3) is 0.174. The van der Waals surface area contributed by atoms with Crippen molar-refractivity contribution in [3.8, 4) is 11.5 Å². The maximum atomic E-state index is 13.0. The molecule has 3 aromatic rings. The van der Waals surface area contributed by atoms with Crippen molar-refractivity contribution in [2.24, 2.45) is 5.10 Å². The monoisotopic (exact) mass is 420 g/mol. The number of carbonyl (C=O) groups excluding carboxylic acids is 2. The van der Waals surface area contributed by atoms with Crippen LogP contribution in [0.5, 0.6) is 11.5 Å². The molecule has 2 aromatic carbocycles.